The largest absolute Gasteiger partial charge is 0.370 e. The number of carbonyl (C=O) groups excluding carboxylic acids is 2. The minimum atomic E-state index is -3.71. The Hall–Kier alpha value is -2.71. The molecule has 0 spiro atoms. The van der Waals surface area contributed by atoms with Crippen LogP contribution in [0.4, 0.5) is 0 Å². The summed E-state index contributed by atoms with van der Waals surface area (Å²) in [5, 5.41) is 0. The molecule has 2 aromatic carbocycles. The maximum absolute atomic E-state index is 12.8. The number of amides is 2. The maximum atomic E-state index is 12.8. The van der Waals surface area contributed by atoms with Crippen LogP contribution in [-0.4, -0.2) is 25.8 Å². The van der Waals surface area contributed by atoms with Crippen LogP contribution in [0.3, 0.4) is 0 Å². The van der Waals surface area contributed by atoms with Crippen molar-refractivity contribution in [3.8, 4) is 11.1 Å². The van der Waals surface area contributed by atoms with Crippen LogP contribution in [0.25, 0.3) is 11.1 Å². The number of hydrogen-bond acceptors (Lipinski definition) is 4. The smallest absolute Gasteiger partial charge is 0.241 e. The Morgan fingerprint density at radius 1 is 1.00 bits per heavy atom. The number of benzene rings is 2. The summed E-state index contributed by atoms with van der Waals surface area (Å²) in [5.41, 5.74) is 12.0. The van der Waals surface area contributed by atoms with Crippen molar-refractivity contribution in [3.63, 3.8) is 0 Å². The van der Waals surface area contributed by atoms with Crippen LogP contribution in [0.1, 0.15) is 32.8 Å². The van der Waals surface area contributed by atoms with Gasteiger partial charge in [-0.3, -0.25) is 9.59 Å². The minimum absolute atomic E-state index is 0.114. The molecule has 5 N–H and O–H groups in total. The Kier molecular flexibility index (Phi) is 6.81. The Balaban J connectivity index is 2.34. The lowest BCUT2D eigenvalue weighted by atomic mass is 9.94. The van der Waals surface area contributed by atoms with E-state index in [1.54, 1.807) is 69.3 Å². The third kappa shape index (κ3) is 6.40. The topological polar surface area (TPSA) is 132 Å². The quantitative estimate of drug-likeness (QED) is 0.605. The molecule has 0 radical (unpaired) electrons. The van der Waals surface area contributed by atoms with Crippen LogP contribution in [0.2, 0.25) is 0 Å². The monoisotopic (exact) mass is 417 g/mol. The number of nitrogens with two attached hydrogens (primary N) is 2. The minimum Gasteiger partial charge on any atom is -0.370 e. The van der Waals surface area contributed by atoms with E-state index in [0.717, 1.165) is 5.56 Å². The molecule has 0 bridgehead atoms. The van der Waals surface area contributed by atoms with E-state index in [1.165, 1.54) is 0 Å². The van der Waals surface area contributed by atoms with Crippen molar-refractivity contribution in [1.82, 2.24) is 4.72 Å². The molecule has 0 heterocycles. The molecule has 1 unspecified atom stereocenters. The molecule has 0 aliphatic heterocycles. The predicted octanol–water partition coefficient (Wildman–Crippen LogP) is 1.95. The van der Waals surface area contributed by atoms with Crippen molar-refractivity contribution < 1.29 is 18.0 Å². The number of rotatable bonds is 8. The highest BCUT2D eigenvalue weighted by atomic mass is 32.2. The first-order valence-corrected chi connectivity index (χ1v) is 10.7. The lowest BCUT2D eigenvalue weighted by molar-refractivity contribution is -0.126. The maximum Gasteiger partial charge on any atom is 0.241 e. The van der Waals surface area contributed by atoms with Crippen LogP contribution in [-0.2, 0) is 26.0 Å². The molecule has 8 heteroatoms. The molecule has 156 valence electrons. The van der Waals surface area contributed by atoms with Crippen LogP contribution in [0, 0.1) is 5.92 Å². The first-order chi connectivity index (χ1) is 13.4. The SMILES string of the molecule is CC(C)(C)NS(=O)(=O)c1ccccc1-c1ccc(CC(CC(N)=O)C(N)=O)cc1. The molecule has 0 aliphatic rings. The lowest BCUT2D eigenvalue weighted by Gasteiger charge is -2.21. The molecule has 7 nitrogen and oxygen atoms in total. The van der Waals surface area contributed by atoms with Crippen molar-refractivity contribution >= 4 is 21.8 Å². The highest BCUT2D eigenvalue weighted by molar-refractivity contribution is 7.89. The highest BCUT2D eigenvalue weighted by Gasteiger charge is 2.25. The van der Waals surface area contributed by atoms with Crippen LogP contribution in [0.15, 0.2) is 53.4 Å². The Labute approximate surface area is 171 Å². The molecule has 2 rings (SSSR count). The summed E-state index contributed by atoms with van der Waals surface area (Å²) in [6.07, 6.45) is 0.167. The van der Waals surface area contributed by atoms with Crippen LogP contribution >= 0.6 is 0 Å². The molecule has 0 aliphatic carbocycles. The van der Waals surface area contributed by atoms with E-state index in [2.05, 4.69) is 4.72 Å². The summed E-state index contributed by atoms with van der Waals surface area (Å²) in [6, 6.07) is 13.9. The van der Waals surface area contributed by atoms with Crippen molar-refractivity contribution in [2.45, 2.75) is 44.0 Å². The summed E-state index contributed by atoms with van der Waals surface area (Å²) in [7, 11) is -3.71. The average molecular weight is 418 g/mol. The number of sulfonamides is 1. The van der Waals surface area contributed by atoms with Crippen molar-refractivity contribution in [2.75, 3.05) is 0 Å². The fraction of sp³-hybridized carbons (Fsp3) is 0.333. The van der Waals surface area contributed by atoms with Gasteiger partial charge in [-0.25, -0.2) is 13.1 Å². The van der Waals surface area contributed by atoms with Crippen molar-refractivity contribution in [1.29, 1.82) is 0 Å². The van der Waals surface area contributed by atoms with Gasteiger partial charge >= 0.3 is 0 Å². The molecule has 0 fully saturated rings. The van der Waals surface area contributed by atoms with Gasteiger partial charge in [-0.05, 0) is 44.4 Å². The second kappa shape index (κ2) is 8.75. The summed E-state index contributed by atoms with van der Waals surface area (Å²) in [4.78, 5) is 22.8. The summed E-state index contributed by atoms with van der Waals surface area (Å²) in [6.45, 7) is 5.34. The van der Waals surface area contributed by atoms with Gasteiger partial charge in [-0.1, -0.05) is 42.5 Å². The number of primary amides is 2. The van der Waals surface area contributed by atoms with Gasteiger partial charge < -0.3 is 11.5 Å². The molecular weight excluding hydrogens is 390 g/mol. The van der Waals surface area contributed by atoms with E-state index >= 15 is 0 Å². The van der Waals surface area contributed by atoms with Gasteiger partial charge in [0.1, 0.15) is 0 Å². The van der Waals surface area contributed by atoms with Crippen LogP contribution < -0.4 is 16.2 Å². The van der Waals surface area contributed by atoms with Gasteiger partial charge in [0.05, 0.1) is 10.8 Å². The normalized spacial score (nSPS) is 13.1. The standard InChI is InChI=1S/C21H27N3O4S/c1-21(2,3)24-29(27,28)18-7-5-4-6-17(18)15-10-8-14(9-11-15)12-16(20(23)26)13-19(22)25/h4-11,16,24H,12-13H2,1-3H3,(H2,22,25)(H2,23,26). The second-order valence-electron chi connectivity index (χ2n) is 8.02. The van der Waals surface area contributed by atoms with E-state index < -0.39 is 33.3 Å². The Bertz CT molecular complexity index is 993. The van der Waals surface area contributed by atoms with Gasteiger partial charge in [-0.15, -0.1) is 0 Å². The number of nitrogens with one attached hydrogen (secondary N) is 1. The number of hydrogen-bond donors (Lipinski definition) is 3. The van der Waals surface area contributed by atoms with Crippen molar-refractivity contribution in [2.24, 2.45) is 17.4 Å². The van der Waals surface area contributed by atoms with Gasteiger partial charge in [0.25, 0.3) is 0 Å². The van der Waals surface area contributed by atoms with E-state index in [-0.39, 0.29) is 17.7 Å². The van der Waals surface area contributed by atoms with Gasteiger partial charge in [0.15, 0.2) is 0 Å². The van der Waals surface area contributed by atoms with E-state index in [1.807, 2.05) is 0 Å². The van der Waals surface area contributed by atoms with Gasteiger partial charge in [-0.2, -0.15) is 0 Å². The molecule has 0 aromatic heterocycles. The third-order valence-corrected chi connectivity index (χ3v) is 6.03. The molecular formula is C21H27N3O4S. The molecule has 1 atom stereocenters. The average Bonchev–Trinajstić information content (AvgIpc) is 2.59. The highest BCUT2D eigenvalue weighted by Crippen LogP contribution is 2.28. The van der Waals surface area contributed by atoms with E-state index in [9.17, 15) is 18.0 Å². The molecule has 29 heavy (non-hydrogen) atoms. The second-order valence-corrected chi connectivity index (χ2v) is 9.67. The van der Waals surface area contributed by atoms with Gasteiger partial charge in [0, 0.05) is 17.5 Å². The zero-order chi connectivity index (χ0) is 21.8. The van der Waals surface area contributed by atoms with E-state index in [4.69, 9.17) is 11.5 Å². The summed E-state index contributed by atoms with van der Waals surface area (Å²) < 4.78 is 28.3. The first-order valence-electron chi connectivity index (χ1n) is 9.19. The lowest BCUT2D eigenvalue weighted by Crippen LogP contribution is -2.40. The Morgan fingerprint density at radius 3 is 2.10 bits per heavy atom. The molecule has 0 saturated heterocycles. The summed E-state index contributed by atoms with van der Waals surface area (Å²) >= 11 is 0. The fourth-order valence-electron chi connectivity index (χ4n) is 3.02. The molecule has 0 saturated carbocycles. The molecule has 2 amide bonds. The van der Waals surface area contributed by atoms with Gasteiger partial charge in [0.2, 0.25) is 21.8 Å². The third-order valence-electron chi connectivity index (χ3n) is 4.21. The zero-order valence-corrected chi connectivity index (χ0v) is 17.6. The molecule has 2 aromatic rings. The van der Waals surface area contributed by atoms with Crippen molar-refractivity contribution in [3.05, 3.63) is 54.1 Å². The zero-order valence-electron chi connectivity index (χ0n) is 16.8. The Morgan fingerprint density at radius 2 is 1.59 bits per heavy atom. The summed E-state index contributed by atoms with van der Waals surface area (Å²) in [5.74, 6) is -1.85. The number of carbonyl (C=O) groups is 2. The first kappa shape index (κ1) is 22.6. The predicted molar refractivity (Wildman–Crippen MR) is 112 cm³/mol. The fourth-order valence-corrected chi connectivity index (χ4v) is 4.67. The van der Waals surface area contributed by atoms with E-state index in [0.29, 0.717) is 11.1 Å². The van der Waals surface area contributed by atoms with Crippen LogP contribution in [0.5, 0.6) is 0 Å².